The number of rotatable bonds is 6. The minimum atomic E-state index is -0.354. The molecule has 1 aromatic heterocycles. The second-order valence-electron chi connectivity index (χ2n) is 7.32. The van der Waals surface area contributed by atoms with Gasteiger partial charge in [-0.3, -0.25) is 24.6 Å². The summed E-state index contributed by atoms with van der Waals surface area (Å²) in [5.41, 5.74) is 1.82. The standard InChI is InChI=1S/C22H19BrN4O3S/c1-12(2)18-10-24-22(31-18)26-19(28)13-4-3-5-15(8-13)25-11-27-20(29)16-7-6-14(23)9-17(16)21(27)30/h3-10,12,25H,11H2,1-2H3,(H,24,26,28). The average molecular weight is 499 g/mol. The Bertz CT molecular complexity index is 1190. The van der Waals surface area contributed by atoms with Crippen molar-refractivity contribution in [1.82, 2.24) is 9.88 Å². The summed E-state index contributed by atoms with van der Waals surface area (Å²) in [5.74, 6) is -0.635. The summed E-state index contributed by atoms with van der Waals surface area (Å²) >= 11 is 4.77. The van der Waals surface area contributed by atoms with E-state index in [1.54, 1.807) is 48.7 Å². The second-order valence-corrected chi connectivity index (χ2v) is 9.30. The lowest BCUT2D eigenvalue weighted by atomic mass is 10.1. The minimum Gasteiger partial charge on any atom is -0.367 e. The van der Waals surface area contributed by atoms with Gasteiger partial charge < -0.3 is 5.32 Å². The number of nitrogens with one attached hydrogen (secondary N) is 2. The number of hydrogen-bond acceptors (Lipinski definition) is 6. The zero-order valence-electron chi connectivity index (χ0n) is 16.8. The molecule has 0 bridgehead atoms. The number of aromatic nitrogens is 1. The topological polar surface area (TPSA) is 91.4 Å². The molecule has 0 radical (unpaired) electrons. The van der Waals surface area contributed by atoms with Gasteiger partial charge in [0, 0.05) is 26.8 Å². The van der Waals surface area contributed by atoms with E-state index in [2.05, 4.69) is 45.4 Å². The van der Waals surface area contributed by atoms with Crippen LogP contribution in [0, 0.1) is 0 Å². The van der Waals surface area contributed by atoms with E-state index >= 15 is 0 Å². The number of nitrogens with zero attached hydrogens (tertiary/aromatic N) is 2. The van der Waals surface area contributed by atoms with Gasteiger partial charge in [-0.05, 0) is 42.3 Å². The van der Waals surface area contributed by atoms with Crippen LogP contribution >= 0.6 is 27.3 Å². The molecule has 7 nitrogen and oxygen atoms in total. The second kappa shape index (κ2) is 8.60. The van der Waals surface area contributed by atoms with Crippen molar-refractivity contribution in [2.24, 2.45) is 0 Å². The van der Waals surface area contributed by atoms with Crippen molar-refractivity contribution in [2.75, 3.05) is 17.3 Å². The number of carbonyl (C=O) groups is 3. The van der Waals surface area contributed by atoms with Gasteiger partial charge in [0.1, 0.15) is 0 Å². The molecule has 0 atom stereocenters. The van der Waals surface area contributed by atoms with Crippen molar-refractivity contribution in [3.05, 3.63) is 74.7 Å². The van der Waals surface area contributed by atoms with Gasteiger partial charge >= 0.3 is 0 Å². The number of halogens is 1. The van der Waals surface area contributed by atoms with E-state index in [1.165, 1.54) is 11.3 Å². The number of anilines is 2. The zero-order valence-corrected chi connectivity index (χ0v) is 19.2. The molecule has 1 aliphatic rings. The summed E-state index contributed by atoms with van der Waals surface area (Å²) in [5, 5.41) is 6.41. The zero-order chi connectivity index (χ0) is 22.1. The molecular weight excluding hydrogens is 480 g/mol. The fourth-order valence-corrected chi connectivity index (χ4v) is 4.30. The molecule has 0 saturated carbocycles. The summed E-state index contributed by atoms with van der Waals surface area (Å²) in [6.07, 6.45) is 1.77. The smallest absolute Gasteiger partial charge is 0.263 e. The first-order chi connectivity index (χ1) is 14.8. The van der Waals surface area contributed by atoms with Crippen LogP contribution in [0.25, 0.3) is 0 Å². The summed E-state index contributed by atoms with van der Waals surface area (Å²) < 4.78 is 0.738. The molecular formula is C22H19BrN4O3S. The van der Waals surface area contributed by atoms with E-state index in [0.29, 0.717) is 33.4 Å². The molecule has 2 heterocycles. The Labute approximate surface area is 191 Å². The molecule has 0 aliphatic carbocycles. The van der Waals surface area contributed by atoms with Gasteiger partial charge in [0.15, 0.2) is 5.13 Å². The third-order valence-electron chi connectivity index (χ3n) is 4.81. The first-order valence-electron chi connectivity index (χ1n) is 9.60. The van der Waals surface area contributed by atoms with Crippen LogP contribution in [0.4, 0.5) is 10.8 Å². The SMILES string of the molecule is CC(C)c1cnc(NC(=O)c2cccc(NCN3C(=O)c4ccc(Br)cc4C3=O)c2)s1. The van der Waals surface area contributed by atoms with E-state index in [1.807, 2.05) is 0 Å². The number of benzene rings is 2. The Morgan fingerprint density at radius 1 is 1.13 bits per heavy atom. The van der Waals surface area contributed by atoms with Crippen LogP contribution < -0.4 is 10.6 Å². The molecule has 0 spiro atoms. The van der Waals surface area contributed by atoms with E-state index in [-0.39, 0.29) is 24.4 Å². The maximum Gasteiger partial charge on any atom is 0.263 e. The van der Waals surface area contributed by atoms with E-state index < -0.39 is 0 Å². The van der Waals surface area contributed by atoms with E-state index in [0.717, 1.165) is 14.2 Å². The Morgan fingerprint density at radius 2 is 1.90 bits per heavy atom. The maximum absolute atomic E-state index is 12.6. The normalized spacial score (nSPS) is 13.0. The van der Waals surface area contributed by atoms with Crippen molar-refractivity contribution in [2.45, 2.75) is 19.8 Å². The molecule has 0 fully saturated rings. The van der Waals surface area contributed by atoms with Crippen LogP contribution in [0.5, 0.6) is 0 Å². The number of thiazole rings is 1. The summed E-state index contributed by atoms with van der Waals surface area (Å²) in [6, 6.07) is 11.9. The Balaban J connectivity index is 1.42. The van der Waals surface area contributed by atoms with E-state index in [4.69, 9.17) is 0 Å². The van der Waals surface area contributed by atoms with Gasteiger partial charge in [-0.15, -0.1) is 11.3 Å². The molecule has 9 heteroatoms. The lowest BCUT2D eigenvalue weighted by Gasteiger charge is -2.16. The van der Waals surface area contributed by atoms with Crippen molar-refractivity contribution in [3.63, 3.8) is 0 Å². The van der Waals surface area contributed by atoms with Gasteiger partial charge in [0.05, 0.1) is 17.8 Å². The highest BCUT2D eigenvalue weighted by Crippen LogP contribution is 2.27. The predicted octanol–water partition coefficient (Wildman–Crippen LogP) is 4.95. The molecule has 3 aromatic rings. The third-order valence-corrected chi connectivity index (χ3v) is 6.52. The maximum atomic E-state index is 12.6. The van der Waals surface area contributed by atoms with Gasteiger partial charge in [0.25, 0.3) is 17.7 Å². The fraction of sp³-hybridized carbons (Fsp3) is 0.182. The Kier molecular flexibility index (Phi) is 5.88. The van der Waals surface area contributed by atoms with Gasteiger partial charge in [0.2, 0.25) is 0 Å². The lowest BCUT2D eigenvalue weighted by molar-refractivity contribution is 0.0665. The number of hydrogen-bond donors (Lipinski definition) is 2. The fourth-order valence-electron chi connectivity index (χ4n) is 3.13. The molecule has 31 heavy (non-hydrogen) atoms. The van der Waals surface area contributed by atoms with Crippen molar-refractivity contribution in [1.29, 1.82) is 0 Å². The average Bonchev–Trinajstić information content (AvgIpc) is 3.30. The molecule has 4 rings (SSSR count). The van der Waals surface area contributed by atoms with Crippen LogP contribution in [0.15, 0.2) is 53.1 Å². The summed E-state index contributed by atoms with van der Waals surface area (Å²) in [6.45, 7) is 4.14. The molecule has 1 aliphatic heterocycles. The molecule has 0 saturated heterocycles. The van der Waals surface area contributed by atoms with Crippen molar-refractivity contribution < 1.29 is 14.4 Å². The number of carbonyl (C=O) groups excluding carboxylic acids is 3. The highest BCUT2D eigenvalue weighted by atomic mass is 79.9. The predicted molar refractivity (Wildman–Crippen MR) is 124 cm³/mol. The van der Waals surface area contributed by atoms with Crippen molar-refractivity contribution >= 4 is 55.8 Å². The van der Waals surface area contributed by atoms with E-state index in [9.17, 15) is 14.4 Å². The molecule has 158 valence electrons. The van der Waals surface area contributed by atoms with Crippen LogP contribution in [0.1, 0.15) is 55.7 Å². The molecule has 3 amide bonds. The lowest BCUT2D eigenvalue weighted by Crippen LogP contribution is -2.34. The summed E-state index contributed by atoms with van der Waals surface area (Å²) in [4.78, 5) is 44.2. The number of amides is 3. The first-order valence-corrected chi connectivity index (χ1v) is 11.2. The quantitative estimate of drug-likeness (QED) is 0.469. The highest BCUT2D eigenvalue weighted by Gasteiger charge is 2.35. The molecule has 2 N–H and O–H groups in total. The van der Waals surface area contributed by atoms with Crippen molar-refractivity contribution in [3.8, 4) is 0 Å². The number of imide groups is 1. The third kappa shape index (κ3) is 4.38. The van der Waals surface area contributed by atoms with Crippen LogP contribution in [-0.4, -0.2) is 34.3 Å². The minimum absolute atomic E-state index is 0.000727. The van der Waals surface area contributed by atoms with Crippen LogP contribution in [0.2, 0.25) is 0 Å². The van der Waals surface area contributed by atoms with Gasteiger partial charge in [-0.2, -0.15) is 0 Å². The summed E-state index contributed by atoms with van der Waals surface area (Å²) in [7, 11) is 0. The molecule has 2 aromatic carbocycles. The highest BCUT2D eigenvalue weighted by molar-refractivity contribution is 9.10. The molecule has 0 unspecified atom stereocenters. The Morgan fingerprint density at radius 3 is 2.65 bits per heavy atom. The van der Waals surface area contributed by atoms with Gasteiger partial charge in [-0.1, -0.05) is 35.8 Å². The van der Waals surface area contributed by atoms with Crippen LogP contribution in [-0.2, 0) is 0 Å². The number of fused-ring (bicyclic) bond motifs is 1. The first kappa shape index (κ1) is 21.2. The van der Waals surface area contributed by atoms with Gasteiger partial charge in [-0.25, -0.2) is 4.98 Å². The largest absolute Gasteiger partial charge is 0.367 e. The monoisotopic (exact) mass is 498 g/mol. The Hall–Kier alpha value is -3.04. The van der Waals surface area contributed by atoms with Crippen LogP contribution in [0.3, 0.4) is 0 Å².